The number of halogens is 3. The topological polar surface area (TPSA) is 61.0 Å². The summed E-state index contributed by atoms with van der Waals surface area (Å²) in [4.78, 5) is 10.2. The zero-order chi connectivity index (χ0) is 14.0. The molecule has 2 aromatic rings. The minimum atomic E-state index is -2.59. The maximum atomic E-state index is 13.1. The average molecular weight is 271 g/mol. The van der Waals surface area contributed by atoms with Crippen molar-refractivity contribution >= 4 is 5.69 Å². The highest BCUT2D eigenvalue weighted by atomic mass is 19.3. The Morgan fingerprint density at radius 1 is 1.42 bits per heavy atom. The lowest BCUT2D eigenvalue weighted by atomic mass is 10.1. The molecule has 1 heterocycles. The second-order valence-electron chi connectivity index (χ2n) is 3.76. The highest BCUT2D eigenvalue weighted by Crippen LogP contribution is 2.30. The Hall–Kier alpha value is -2.38. The number of aromatic nitrogens is 2. The Balaban J connectivity index is 2.43. The number of rotatable bonds is 4. The molecule has 0 saturated carbocycles. The maximum absolute atomic E-state index is 13.1. The quantitative estimate of drug-likeness (QED) is 0.634. The van der Waals surface area contributed by atoms with Crippen LogP contribution in [0.3, 0.4) is 0 Å². The van der Waals surface area contributed by atoms with E-state index < -0.39 is 23.7 Å². The molecule has 0 saturated heterocycles. The van der Waals surface area contributed by atoms with Gasteiger partial charge < -0.3 is 0 Å². The van der Waals surface area contributed by atoms with Gasteiger partial charge in [0.05, 0.1) is 16.7 Å². The van der Waals surface area contributed by atoms with Crippen molar-refractivity contribution in [1.82, 2.24) is 9.78 Å². The third-order valence-corrected chi connectivity index (χ3v) is 2.42. The van der Waals surface area contributed by atoms with Crippen LogP contribution in [-0.2, 0) is 6.54 Å². The molecule has 0 aliphatic heterocycles. The van der Waals surface area contributed by atoms with E-state index in [9.17, 15) is 23.3 Å². The predicted octanol–water partition coefficient (Wildman–Crippen LogP) is 2.86. The molecule has 0 amide bonds. The molecular formula is C11H8F3N3O2. The fraction of sp³-hybridized carbons (Fsp3) is 0.182. The van der Waals surface area contributed by atoms with Crippen molar-refractivity contribution in [2.45, 2.75) is 13.0 Å². The van der Waals surface area contributed by atoms with Crippen LogP contribution in [0.15, 0.2) is 30.6 Å². The Labute approximate surface area is 105 Å². The van der Waals surface area contributed by atoms with E-state index in [2.05, 4.69) is 5.10 Å². The fourth-order valence-electron chi connectivity index (χ4n) is 1.64. The van der Waals surface area contributed by atoms with E-state index in [0.29, 0.717) is 0 Å². The van der Waals surface area contributed by atoms with Crippen LogP contribution in [0.4, 0.5) is 18.9 Å². The zero-order valence-corrected chi connectivity index (χ0v) is 9.46. The van der Waals surface area contributed by atoms with E-state index in [4.69, 9.17) is 0 Å². The minimum Gasteiger partial charge on any atom is -0.266 e. The summed E-state index contributed by atoms with van der Waals surface area (Å²) in [6, 6.07) is 2.96. The summed E-state index contributed by atoms with van der Waals surface area (Å²) in [6.07, 6.45) is -0.187. The molecule has 5 nitrogen and oxygen atoms in total. The molecule has 0 bridgehead atoms. The minimum absolute atomic E-state index is 0.00511. The molecule has 0 unspecified atom stereocenters. The molecule has 0 N–H and O–H groups in total. The van der Waals surface area contributed by atoms with E-state index in [1.54, 1.807) is 0 Å². The summed E-state index contributed by atoms with van der Waals surface area (Å²) in [5, 5.41) is 14.5. The summed E-state index contributed by atoms with van der Waals surface area (Å²) in [7, 11) is 0. The molecule has 8 heteroatoms. The molecule has 0 atom stereocenters. The number of hydrogen-bond donors (Lipinski definition) is 0. The summed E-state index contributed by atoms with van der Waals surface area (Å²) in [5.74, 6) is -0.651. The van der Waals surface area contributed by atoms with Crippen LogP contribution < -0.4 is 0 Å². The van der Waals surface area contributed by atoms with Gasteiger partial charge in [-0.25, -0.2) is 13.2 Å². The van der Waals surface area contributed by atoms with Crippen molar-refractivity contribution in [2.24, 2.45) is 0 Å². The van der Waals surface area contributed by atoms with Gasteiger partial charge in [0, 0.05) is 17.8 Å². The van der Waals surface area contributed by atoms with Gasteiger partial charge in [-0.2, -0.15) is 5.10 Å². The Morgan fingerprint density at radius 3 is 2.79 bits per heavy atom. The van der Waals surface area contributed by atoms with E-state index in [0.717, 1.165) is 22.9 Å². The predicted molar refractivity (Wildman–Crippen MR) is 60.3 cm³/mol. The van der Waals surface area contributed by atoms with Gasteiger partial charge in [-0.15, -0.1) is 0 Å². The van der Waals surface area contributed by atoms with Crippen LogP contribution in [0.2, 0.25) is 0 Å². The van der Waals surface area contributed by atoms with Crippen LogP contribution >= 0.6 is 0 Å². The van der Waals surface area contributed by atoms with Crippen LogP contribution in [0.5, 0.6) is 0 Å². The van der Waals surface area contributed by atoms with Crippen LogP contribution in [0.1, 0.15) is 0 Å². The first kappa shape index (κ1) is 13.1. The largest absolute Gasteiger partial charge is 0.277 e. The number of benzene rings is 1. The smallest absolute Gasteiger partial charge is 0.266 e. The number of nitrogens with zero attached hydrogens (tertiary/aromatic N) is 3. The normalized spacial score (nSPS) is 10.9. The van der Waals surface area contributed by atoms with Crippen molar-refractivity contribution in [3.63, 3.8) is 0 Å². The number of alkyl halides is 2. The molecule has 0 spiro atoms. The highest BCUT2D eigenvalue weighted by molar-refractivity contribution is 5.72. The molecular weight excluding hydrogens is 263 g/mol. The molecule has 1 aromatic heterocycles. The number of hydrogen-bond acceptors (Lipinski definition) is 3. The Kier molecular flexibility index (Phi) is 3.50. The SMILES string of the molecule is O=[N+]([O-])c1ccc(F)cc1-c1cnn(CC(F)F)c1. The first-order valence-electron chi connectivity index (χ1n) is 5.22. The summed E-state index contributed by atoms with van der Waals surface area (Å²) in [6.45, 7) is -0.622. The lowest BCUT2D eigenvalue weighted by Crippen LogP contribution is -2.06. The van der Waals surface area contributed by atoms with E-state index in [-0.39, 0.29) is 16.8 Å². The molecule has 0 radical (unpaired) electrons. The Morgan fingerprint density at radius 2 is 2.16 bits per heavy atom. The van der Waals surface area contributed by atoms with Crippen molar-refractivity contribution < 1.29 is 18.1 Å². The third-order valence-electron chi connectivity index (χ3n) is 2.42. The second kappa shape index (κ2) is 5.09. The molecule has 0 fully saturated rings. The molecule has 0 aliphatic rings. The van der Waals surface area contributed by atoms with Gasteiger partial charge in [0.1, 0.15) is 12.4 Å². The van der Waals surface area contributed by atoms with Gasteiger partial charge in [0.15, 0.2) is 0 Å². The van der Waals surface area contributed by atoms with Gasteiger partial charge in [-0.05, 0) is 12.1 Å². The average Bonchev–Trinajstić information content (AvgIpc) is 2.75. The van der Waals surface area contributed by atoms with Crippen molar-refractivity contribution in [3.05, 3.63) is 46.5 Å². The maximum Gasteiger partial charge on any atom is 0.277 e. The highest BCUT2D eigenvalue weighted by Gasteiger charge is 2.18. The summed E-state index contributed by atoms with van der Waals surface area (Å²) < 4.78 is 38.4. The molecule has 19 heavy (non-hydrogen) atoms. The monoisotopic (exact) mass is 271 g/mol. The zero-order valence-electron chi connectivity index (χ0n) is 9.46. The van der Waals surface area contributed by atoms with E-state index in [1.165, 1.54) is 12.4 Å². The standard InChI is InChI=1S/C11H8F3N3O2/c12-8-1-2-10(17(18)19)9(3-8)7-4-15-16(5-7)6-11(13)14/h1-5,11H,6H2. The van der Waals surface area contributed by atoms with E-state index in [1.807, 2.05) is 0 Å². The summed E-state index contributed by atoms with van der Waals surface area (Å²) >= 11 is 0. The molecule has 1 aromatic carbocycles. The second-order valence-corrected chi connectivity index (χ2v) is 3.76. The third kappa shape index (κ3) is 2.90. The summed E-state index contributed by atoms with van der Waals surface area (Å²) in [5.41, 5.74) is -0.0876. The lowest BCUT2D eigenvalue weighted by Gasteiger charge is -2.01. The fourth-order valence-corrected chi connectivity index (χ4v) is 1.64. The lowest BCUT2D eigenvalue weighted by molar-refractivity contribution is -0.384. The van der Waals surface area contributed by atoms with Crippen molar-refractivity contribution in [1.29, 1.82) is 0 Å². The first-order chi connectivity index (χ1) is 8.97. The Bertz CT molecular complexity index is 613. The van der Waals surface area contributed by atoms with Gasteiger partial charge in [0.25, 0.3) is 12.1 Å². The first-order valence-corrected chi connectivity index (χ1v) is 5.22. The van der Waals surface area contributed by atoms with Gasteiger partial charge in [-0.3, -0.25) is 14.8 Å². The number of nitro groups is 1. The molecule has 2 rings (SSSR count). The van der Waals surface area contributed by atoms with E-state index >= 15 is 0 Å². The van der Waals surface area contributed by atoms with Crippen molar-refractivity contribution in [3.8, 4) is 11.1 Å². The van der Waals surface area contributed by atoms with Gasteiger partial charge >= 0.3 is 0 Å². The molecule has 100 valence electrons. The van der Waals surface area contributed by atoms with Crippen LogP contribution in [-0.4, -0.2) is 21.1 Å². The van der Waals surface area contributed by atoms with Gasteiger partial charge in [0.2, 0.25) is 0 Å². The van der Waals surface area contributed by atoms with Crippen LogP contribution in [0.25, 0.3) is 11.1 Å². The van der Waals surface area contributed by atoms with Crippen LogP contribution in [0, 0.1) is 15.9 Å². The molecule has 0 aliphatic carbocycles. The van der Waals surface area contributed by atoms with Gasteiger partial charge in [-0.1, -0.05) is 0 Å². The number of nitro benzene ring substituents is 1. The van der Waals surface area contributed by atoms with Crippen molar-refractivity contribution in [2.75, 3.05) is 0 Å².